The number of rotatable bonds is 15. The van der Waals surface area contributed by atoms with Crippen molar-refractivity contribution in [2.24, 2.45) is 22.7 Å². The van der Waals surface area contributed by atoms with E-state index in [1.165, 1.54) is 22.3 Å². The van der Waals surface area contributed by atoms with Crippen molar-refractivity contribution in [2.45, 2.75) is 110 Å². The third kappa shape index (κ3) is 10.9. The number of carbonyl (C=O) groups is 4. The molecule has 3 heterocycles. The Labute approximate surface area is 420 Å². The Morgan fingerprint density at radius 3 is 2.24 bits per heavy atom. The van der Waals surface area contributed by atoms with Crippen LogP contribution in [-0.4, -0.2) is 93.8 Å². The largest absolute Gasteiger partial charge is 0.493 e. The van der Waals surface area contributed by atoms with Crippen molar-refractivity contribution in [3.8, 4) is 22.3 Å². The number of hydrogen-bond donors (Lipinski definition) is 3. The molecule has 3 N–H and O–H groups in total. The highest BCUT2D eigenvalue weighted by Gasteiger charge is 2.53. The molecule has 19 heteroatoms. The number of alkyl halides is 3. The number of benzene rings is 3. The Morgan fingerprint density at radius 2 is 1.66 bits per heavy atom. The van der Waals surface area contributed by atoms with Gasteiger partial charge >= 0.3 is 6.18 Å². The summed E-state index contributed by atoms with van der Waals surface area (Å²) in [6.07, 6.45) is -1.40. The summed E-state index contributed by atoms with van der Waals surface area (Å²) >= 11 is 7.20. The van der Waals surface area contributed by atoms with E-state index >= 15 is 0 Å². The number of nitriles is 1. The van der Waals surface area contributed by atoms with Gasteiger partial charge in [-0.25, -0.2) is 4.98 Å². The number of anilines is 2. The van der Waals surface area contributed by atoms with E-state index in [2.05, 4.69) is 15.6 Å². The molecule has 2 aliphatic heterocycles. The fourth-order valence-electron chi connectivity index (χ4n) is 10.5. The Morgan fingerprint density at radius 1 is 1.01 bits per heavy atom. The molecule has 2 aliphatic carbocycles. The van der Waals surface area contributed by atoms with Gasteiger partial charge < -0.3 is 30.1 Å². The van der Waals surface area contributed by atoms with Crippen LogP contribution in [0.5, 0.6) is 5.75 Å². The number of aliphatic hydroxyl groups is 1. The lowest BCUT2D eigenvalue weighted by molar-refractivity contribution is -0.152. The number of β-amino-alcohol motifs (C(OH)–C–C–N with tert-alkyl or cyclic N) is 1. The summed E-state index contributed by atoms with van der Waals surface area (Å²) in [5, 5.41) is 25.3. The highest BCUT2D eigenvalue weighted by Crippen LogP contribution is 2.61. The number of thiazole rings is 1. The van der Waals surface area contributed by atoms with Crippen LogP contribution in [0.1, 0.15) is 89.1 Å². The minimum Gasteiger partial charge on any atom is -0.493 e. The number of ether oxygens (including phenoxy) is 2. The van der Waals surface area contributed by atoms with Crippen molar-refractivity contribution in [1.29, 1.82) is 5.26 Å². The molecule has 1 unspecified atom stereocenters. The summed E-state index contributed by atoms with van der Waals surface area (Å²) in [5.74, 6) is -0.710. The third-order valence-corrected chi connectivity index (χ3v) is 15.4. The lowest BCUT2D eigenvalue weighted by Gasteiger charge is -2.57. The second-order valence-electron chi connectivity index (χ2n) is 21.0. The zero-order valence-electron chi connectivity index (χ0n) is 40.5. The number of aromatic nitrogens is 1. The smallest absolute Gasteiger partial charge is 0.417 e. The Balaban J connectivity index is 0.793. The molecule has 4 aliphatic rings. The van der Waals surface area contributed by atoms with Gasteiger partial charge in [0.2, 0.25) is 11.8 Å². The highest BCUT2D eigenvalue weighted by molar-refractivity contribution is 7.81. The Kier molecular flexibility index (Phi) is 14.5. The minimum absolute atomic E-state index is 0.00791. The molecule has 3 aromatic carbocycles. The third-order valence-electron chi connectivity index (χ3n) is 14.1. The maximum absolute atomic E-state index is 14.4. The fourth-order valence-corrected chi connectivity index (χ4v) is 11.8. The predicted octanol–water partition coefficient (Wildman–Crippen LogP) is 7.94. The number of carbonyl (C=O) groups excluding carboxylic acids is 4. The van der Waals surface area contributed by atoms with Gasteiger partial charge in [-0.1, -0.05) is 45.0 Å². The number of hydrogen-bond acceptors (Lipinski definition) is 12. The second-order valence-corrected chi connectivity index (χ2v) is 22.2. The summed E-state index contributed by atoms with van der Waals surface area (Å²) in [6, 6.07) is 17.5. The fraction of sp³-hybridized carbons (Fsp3) is 0.481. The van der Waals surface area contributed by atoms with Crippen molar-refractivity contribution >= 4 is 63.7 Å². The Bertz CT molecular complexity index is 2720. The van der Waals surface area contributed by atoms with Crippen molar-refractivity contribution in [2.75, 3.05) is 36.2 Å². The highest BCUT2D eigenvalue weighted by atomic mass is 32.1. The molecule has 14 nitrogen and oxygen atoms in total. The van der Waals surface area contributed by atoms with Crippen LogP contribution in [-0.2, 0) is 36.6 Å². The summed E-state index contributed by atoms with van der Waals surface area (Å²) in [7, 11) is 0. The number of nitrogens with zero attached hydrogens (tertiary/aromatic N) is 5. The van der Waals surface area contributed by atoms with E-state index < -0.39 is 70.1 Å². The first-order valence-corrected chi connectivity index (χ1v) is 24.9. The summed E-state index contributed by atoms with van der Waals surface area (Å²) < 4.78 is 53.4. The summed E-state index contributed by atoms with van der Waals surface area (Å²) in [4.78, 5) is 64.6. The number of imide groups is 1. The molecule has 4 fully saturated rings. The number of halogens is 3. The quantitative estimate of drug-likeness (QED) is 0.0982. The van der Waals surface area contributed by atoms with Crippen LogP contribution in [0.3, 0.4) is 0 Å². The molecule has 8 rings (SSSR count). The molecule has 1 spiro atoms. The van der Waals surface area contributed by atoms with E-state index in [-0.39, 0.29) is 42.3 Å². The zero-order chi connectivity index (χ0) is 51.2. The number of aliphatic hydroxyl groups excluding tert-OH is 1. The average molecular weight is 1010 g/mol. The minimum atomic E-state index is -4.80. The summed E-state index contributed by atoms with van der Waals surface area (Å²) in [5.41, 5.74) is 1.44. The maximum Gasteiger partial charge on any atom is 0.417 e. The van der Waals surface area contributed by atoms with E-state index in [4.69, 9.17) is 21.7 Å². The van der Waals surface area contributed by atoms with Gasteiger partial charge in [0.25, 0.3) is 11.8 Å². The first-order chi connectivity index (χ1) is 33.5. The van der Waals surface area contributed by atoms with E-state index in [1.807, 2.05) is 52.0 Å². The van der Waals surface area contributed by atoms with Crippen molar-refractivity contribution < 1.29 is 46.9 Å². The molecule has 3 atom stereocenters. The van der Waals surface area contributed by atoms with Crippen LogP contribution >= 0.6 is 23.6 Å². The Hall–Kier alpha value is -5.78. The van der Waals surface area contributed by atoms with Crippen LogP contribution in [0.2, 0.25) is 0 Å². The van der Waals surface area contributed by atoms with E-state index in [0.29, 0.717) is 36.5 Å². The number of nitrogens with one attached hydrogen (secondary N) is 2. The van der Waals surface area contributed by atoms with Gasteiger partial charge in [-0.05, 0) is 141 Å². The molecule has 0 bridgehead atoms. The standard InChI is InChI=1S/C52H58F3N7O7S2/c1-30-43(71-29-58-30)34-9-7-31(8-10-34)25-60(45(65)41-18-38(63)24-57-41)46(66)44(49(2,3)4)59-42(64)28-68-26-32-19-51(20-32)21-33(22-51)27-69-39-15-13-36(14-16-39)62-48(70)61(47(67)50(62,5)6)37-12-11-35(23-56)40(17-37)52(53,54)55/h7-17,29,32-33,38,41,44,57,63H,18-22,24-28H2,1-6H3,(H,59,64)/t32?,33?,38-,41+,44?,51?/m1/s1. The van der Waals surface area contributed by atoms with Gasteiger partial charge in [-0.15, -0.1) is 11.3 Å². The van der Waals surface area contributed by atoms with Crippen LogP contribution < -0.4 is 25.2 Å². The van der Waals surface area contributed by atoms with Gasteiger partial charge in [0, 0.05) is 12.2 Å². The second kappa shape index (κ2) is 20.0. The summed E-state index contributed by atoms with van der Waals surface area (Å²) in [6.45, 7) is 11.6. The molecule has 4 amide bonds. The van der Waals surface area contributed by atoms with Gasteiger partial charge in [-0.2, -0.15) is 18.4 Å². The molecule has 0 radical (unpaired) electrons. The lowest BCUT2D eigenvalue weighted by atomic mass is 9.48. The lowest BCUT2D eigenvalue weighted by Crippen LogP contribution is -2.58. The maximum atomic E-state index is 14.4. The molecule has 4 aromatic rings. The average Bonchev–Trinajstić information content (AvgIpc) is 3.98. The molecule has 71 heavy (non-hydrogen) atoms. The van der Waals surface area contributed by atoms with Crippen LogP contribution in [0.25, 0.3) is 10.4 Å². The molecular formula is C52H58F3N7O7S2. The molecule has 2 saturated heterocycles. The molecular weight excluding hydrogens is 956 g/mol. The van der Waals surface area contributed by atoms with Crippen molar-refractivity contribution in [3.63, 3.8) is 0 Å². The first kappa shape index (κ1) is 51.6. The van der Waals surface area contributed by atoms with Crippen LogP contribution in [0.4, 0.5) is 24.5 Å². The molecule has 2 saturated carbocycles. The van der Waals surface area contributed by atoms with Crippen LogP contribution in [0, 0.1) is 40.9 Å². The SMILES string of the molecule is Cc1ncsc1-c1ccc(CN(C(=O)C(NC(=O)COCC2CC3(C2)CC(COc2ccc(N4C(=S)N(c5ccc(C#N)c(C(F)(F)F)c5)C(=O)C4(C)C)cc2)C3)C(C)(C)C)C(=O)[C@@H]2C[C@@H](O)CN2)cc1. The number of amides is 4. The molecule has 1 aromatic heterocycles. The first-order valence-electron chi connectivity index (χ1n) is 23.6. The number of aryl methyl sites for hydroxylation is 1. The van der Waals surface area contributed by atoms with E-state index in [1.54, 1.807) is 54.6 Å². The normalized spacial score (nSPS) is 23.2. The van der Waals surface area contributed by atoms with Gasteiger partial charge in [0.05, 0.1) is 70.9 Å². The van der Waals surface area contributed by atoms with Gasteiger partial charge in [-0.3, -0.25) is 29.0 Å². The van der Waals surface area contributed by atoms with Crippen molar-refractivity contribution in [3.05, 3.63) is 94.6 Å². The van der Waals surface area contributed by atoms with E-state index in [9.17, 15) is 42.7 Å². The predicted molar refractivity (Wildman–Crippen MR) is 265 cm³/mol. The number of thiocarbonyl (C=S) groups is 1. The van der Waals surface area contributed by atoms with Gasteiger partial charge in [0.1, 0.15) is 23.9 Å². The monoisotopic (exact) mass is 1010 g/mol. The van der Waals surface area contributed by atoms with Crippen LogP contribution in [0.15, 0.2) is 72.2 Å². The van der Waals surface area contributed by atoms with Gasteiger partial charge in [0.15, 0.2) is 5.11 Å². The molecule has 376 valence electrons. The van der Waals surface area contributed by atoms with E-state index in [0.717, 1.165) is 64.4 Å². The zero-order valence-corrected chi connectivity index (χ0v) is 42.1. The van der Waals surface area contributed by atoms with Crippen molar-refractivity contribution in [1.82, 2.24) is 20.5 Å². The topological polar surface area (TPSA) is 177 Å².